The maximum Gasteiger partial charge on any atom is -0.0348 e. The molecule has 0 rings (SSSR count). The molecule has 24 heavy (non-hydrogen) atoms. The molecule has 0 aliphatic carbocycles. The third-order valence-corrected chi connectivity index (χ3v) is 5.36. The summed E-state index contributed by atoms with van der Waals surface area (Å²) in [7, 11) is 0. The molecule has 2 unspecified atom stereocenters. The van der Waals surface area contributed by atoms with Crippen molar-refractivity contribution >= 4 is 0 Å². The van der Waals surface area contributed by atoms with Crippen molar-refractivity contribution in [2.45, 2.75) is 117 Å². The Balaban J connectivity index is 3.47. The molecule has 0 heterocycles. The van der Waals surface area contributed by atoms with Gasteiger partial charge in [-0.15, -0.1) is 0 Å². The zero-order chi connectivity index (χ0) is 17.9. The van der Waals surface area contributed by atoms with Crippen LogP contribution >= 0.6 is 0 Å². The Hall–Kier alpha value is -0.260. The summed E-state index contributed by atoms with van der Waals surface area (Å²) >= 11 is 0. The smallest absolute Gasteiger partial charge is 0.0348 e. The van der Waals surface area contributed by atoms with Crippen molar-refractivity contribution in [2.24, 2.45) is 11.8 Å². The molecular weight excluding hydrogens is 288 g/mol. The monoisotopic (exact) mass is 334 g/mol. The van der Waals surface area contributed by atoms with Crippen LogP contribution in [0.4, 0.5) is 0 Å². The third kappa shape index (κ3) is 16.6. The Morgan fingerprint density at radius 2 is 1.25 bits per heavy atom. The molecule has 0 aliphatic heterocycles. The minimum absolute atomic E-state index is 0.911. The van der Waals surface area contributed by atoms with Crippen molar-refractivity contribution in [2.75, 3.05) is 0 Å². The van der Waals surface area contributed by atoms with Crippen LogP contribution in [-0.2, 0) is 0 Å². The van der Waals surface area contributed by atoms with E-state index in [1.807, 2.05) is 0 Å². The van der Waals surface area contributed by atoms with Crippen LogP contribution in [0.3, 0.4) is 0 Å². The van der Waals surface area contributed by atoms with E-state index in [9.17, 15) is 0 Å². The summed E-state index contributed by atoms with van der Waals surface area (Å²) in [6.07, 6.45) is 26.2. The lowest BCUT2D eigenvalue weighted by atomic mass is 9.93. The highest BCUT2D eigenvalue weighted by Crippen LogP contribution is 2.20. The van der Waals surface area contributed by atoms with Gasteiger partial charge in [-0.05, 0) is 37.5 Å². The van der Waals surface area contributed by atoms with Gasteiger partial charge >= 0.3 is 0 Å². The Bertz CT molecular complexity index is 253. The lowest BCUT2D eigenvalue weighted by Crippen LogP contribution is -1.98. The molecule has 2 radical (unpaired) electrons. The number of allylic oxidation sites excluding steroid dienone is 2. The zero-order valence-corrected chi connectivity index (χ0v) is 17.0. The predicted octanol–water partition coefficient (Wildman–Crippen LogP) is 8.72. The Kier molecular flexibility index (Phi) is 18.9. The van der Waals surface area contributed by atoms with Crippen LogP contribution in [0.1, 0.15) is 117 Å². The van der Waals surface area contributed by atoms with Crippen molar-refractivity contribution in [3.8, 4) is 0 Å². The second kappa shape index (κ2) is 19.1. The molecule has 0 N–H and O–H groups in total. The summed E-state index contributed by atoms with van der Waals surface area (Å²) in [5.41, 5.74) is 0. The van der Waals surface area contributed by atoms with Crippen molar-refractivity contribution in [1.82, 2.24) is 0 Å². The summed E-state index contributed by atoms with van der Waals surface area (Å²) in [5, 5.41) is 0. The van der Waals surface area contributed by atoms with E-state index in [2.05, 4.69) is 39.8 Å². The first-order chi connectivity index (χ1) is 11.7. The van der Waals surface area contributed by atoms with Crippen molar-refractivity contribution in [3.63, 3.8) is 0 Å². The molecular formula is C24H46. The predicted molar refractivity (Wildman–Crippen MR) is 112 cm³/mol. The van der Waals surface area contributed by atoms with Crippen LogP contribution in [0.25, 0.3) is 0 Å². The van der Waals surface area contributed by atoms with Gasteiger partial charge in [-0.3, -0.25) is 0 Å². The van der Waals surface area contributed by atoms with E-state index in [0.717, 1.165) is 24.7 Å². The first-order valence-electron chi connectivity index (χ1n) is 11.0. The highest BCUT2D eigenvalue weighted by atomic mass is 14.1. The van der Waals surface area contributed by atoms with E-state index in [0.29, 0.717) is 0 Å². The molecule has 142 valence electrons. The van der Waals surface area contributed by atoms with E-state index >= 15 is 0 Å². The van der Waals surface area contributed by atoms with E-state index in [1.54, 1.807) is 0 Å². The van der Waals surface area contributed by atoms with Gasteiger partial charge in [0.15, 0.2) is 0 Å². The van der Waals surface area contributed by atoms with E-state index < -0.39 is 0 Å². The van der Waals surface area contributed by atoms with Gasteiger partial charge < -0.3 is 0 Å². The molecule has 0 spiro atoms. The van der Waals surface area contributed by atoms with Gasteiger partial charge in [-0.25, -0.2) is 0 Å². The topological polar surface area (TPSA) is 0 Å². The quantitative estimate of drug-likeness (QED) is 0.174. The number of hydrogen-bond acceptors (Lipinski definition) is 0. The van der Waals surface area contributed by atoms with Gasteiger partial charge in [-0.2, -0.15) is 0 Å². The summed E-state index contributed by atoms with van der Waals surface area (Å²) < 4.78 is 0. The largest absolute Gasteiger partial charge is 0.0885 e. The van der Waals surface area contributed by atoms with Gasteiger partial charge in [0.05, 0.1) is 0 Å². The van der Waals surface area contributed by atoms with Crippen LogP contribution < -0.4 is 0 Å². The van der Waals surface area contributed by atoms with Crippen LogP contribution in [-0.4, -0.2) is 0 Å². The Morgan fingerprint density at radius 1 is 0.667 bits per heavy atom. The fraction of sp³-hybridized carbons (Fsp3) is 0.833. The standard InChI is InChI=1S/C24H46/c1-5-8-10-17-21-24(7-3)22-18-14-12-11-13-16-20-23(4)19-15-9-6-2/h12,14,23-24H,1-2,5-11,13,15-22H2,3-4H3/b14-12+. The van der Waals surface area contributed by atoms with Crippen molar-refractivity contribution < 1.29 is 0 Å². The van der Waals surface area contributed by atoms with Gasteiger partial charge in [0.2, 0.25) is 0 Å². The molecule has 2 atom stereocenters. The molecule has 0 nitrogen and oxygen atoms in total. The van der Waals surface area contributed by atoms with Gasteiger partial charge in [0.1, 0.15) is 0 Å². The maximum absolute atomic E-state index is 3.93. The van der Waals surface area contributed by atoms with Crippen LogP contribution in [0.15, 0.2) is 12.2 Å². The van der Waals surface area contributed by atoms with E-state index in [-0.39, 0.29) is 0 Å². The van der Waals surface area contributed by atoms with Crippen LogP contribution in [0.2, 0.25) is 0 Å². The second-order valence-electron chi connectivity index (χ2n) is 7.76. The van der Waals surface area contributed by atoms with Gasteiger partial charge in [-0.1, -0.05) is 117 Å². The summed E-state index contributed by atoms with van der Waals surface area (Å²) in [6, 6.07) is 0. The molecule has 0 amide bonds. The SMILES string of the molecule is [CH2]CCCCCC(CC)CC/C=C/CCCCC(C)CCCC[CH2]. The molecule has 0 fully saturated rings. The molecule has 0 saturated carbocycles. The number of hydrogen-bond donors (Lipinski definition) is 0. The normalized spacial score (nSPS) is 14.3. The molecule has 0 heteroatoms. The fourth-order valence-electron chi connectivity index (χ4n) is 3.48. The minimum atomic E-state index is 0.911. The highest BCUT2D eigenvalue weighted by molar-refractivity contribution is 4.82. The number of rotatable bonds is 18. The summed E-state index contributed by atoms with van der Waals surface area (Å²) in [5.74, 6) is 1.85. The zero-order valence-electron chi connectivity index (χ0n) is 17.0. The molecule has 0 bridgehead atoms. The average molecular weight is 335 g/mol. The lowest BCUT2D eigenvalue weighted by Gasteiger charge is -2.13. The summed E-state index contributed by atoms with van der Waals surface area (Å²) in [4.78, 5) is 0. The molecule has 0 saturated heterocycles. The van der Waals surface area contributed by atoms with Crippen LogP contribution in [0.5, 0.6) is 0 Å². The van der Waals surface area contributed by atoms with Gasteiger partial charge in [0, 0.05) is 0 Å². The van der Waals surface area contributed by atoms with Crippen molar-refractivity contribution in [1.29, 1.82) is 0 Å². The third-order valence-electron chi connectivity index (χ3n) is 5.36. The van der Waals surface area contributed by atoms with E-state index in [1.165, 1.54) is 89.9 Å². The van der Waals surface area contributed by atoms with Crippen LogP contribution in [0, 0.1) is 25.7 Å². The van der Waals surface area contributed by atoms with Crippen molar-refractivity contribution in [3.05, 3.63) is 26.0 Å². The fourth-order valence-corrected chi connectivity index (χ4v) is 3.48. The minimum Gasteiger partial charge on any atom is -0.0885 e. The molecule has 0 aromatic heterocycles. The average Bonchev–Trinajstić information content (AvgIpc) is 2.59. The van der Waals surface area contributed by atoms with E-state index in [4.69, 9.17) is 0 Å². The Labute approximate surface area is 154 Å². The maximum atomic E-state index is 3.93. The second-order valence-corrected chi connectivity index (χ2v) is 7.76. The molecule has 0 aromatic rings. The first kappa shape index (κ1) is 23.7. The first-order valence-corrected chi connectivity index (χ1v) is 11.0. The lowest BCUT2D eigenvalue weighted by molar-refractivity contribution is 0.417. The molecule has 0 aliphatic rings. The summed E-state index contributed by atoms with van der Waals surface area (Å²) in [6.45, 7) is 12.6. The Morgan fingerprint density at radius 3 is 1.92 bits per heavy atom. The highest BCUT2D eigenvalue weighted by Gasteiger charge is 2.04. The van der Waals surface area contributed by atoms with Gasteiger partial charge in [0.25, 0.3) is 0 Å². The molecule has 0 aromatic carbocycles. The number of unbranched alkanes of at least 4 members (excludes halogenated alkanes) is 7.